The smallest absolute Gasteiger partial charge is 0.00382 e. The molecule has 0 bridgehead atoms. The van der Waals surface area contributed by atoms with E-state index in [0.717, 1.165) is 13.0 Å². The summed E-state index contributed by atoms with van der Waals surface area (Å²) in [5.41, 5.74) is 6.73. The van der Waals surface area contributed by atoms with Crippen molar-refractivity contribution < 1.29 is 0 Å². The van der Waals surface area contributed by atoms with Crippen molar-refractivity contribution in [2.45, 2.75) is 66.2 Å². The minimum absolute atomic E-state index is 0.432. The molecule has 1 saturated heterocycles. The largest absolute Gasteiger partial charge is 0.330 e. The van der Waals surface area contributed by atoms with E-state index < -0.39 is 0 Å². The number of hydrogen-bond donors (Lipinski definition) is 1. The van der Waals surface area contributed by atoms with Gasteiger partial charge in [-0.05, 0) is 69.0 Å². The highest BCUT2D eigenvalue weighted by Crippen LogP contribution is 2.37. The second-order valence-corrected chi connectivity index (χ2v) is 7.04. The molecule has 18 heavy (non-hydrogen) atoms. The Morgan fingerprint density at radius 3 is 2.33 bits per heavy atom. The third-order valence-electron chi connectivity index (χ3n) is 5.17. The van der Waals surface area contributed by atoms with Crippen LogP contribution in [0.4, 0.5) is 0 Å². The average molecular weight is 254 g/mol. The van der Waals surface area contributed by atoms with Gasteiger partial charge in [-0.1, -0.05) is 27.7 Å². The molecule has 0 aromatic heterocycles. The molecule has 1 rings (SSSR count). The molecule has 0 radical (unpaired) electrons. The topological polar surface area (TPSA) is 29.3 Å². The van der Waals surface area contributed by atoms with Crippen molar-refractivity contribution in [3.05, 3.63) is 0 Å². The van der Waals surface area contributed by atoms with Crippen LogP contribution in [-0.4, -0.2) is 31.1 Å². The highest BCUT2D eigenvalue weighted by atomic mass is 15.2. The molecule has 2 N–H and O–H groups in total. The predicted octanol–water partition coefficient (Wildman–Crippen LogP) is 3.65. The SMILES string of the molecule is CCC1(CC)CCN(CCCC(C)(C)CCN)C1. The van der Waals surface area contributed by atoms with Crippen molar-refractivity contribution in [1.82, 2.24) is 4.90 Å². The first-order chi connectivity index (χ1) is 8.47. The van der Waals surface area contributed by atoms with E-state index in [9.17, 15) is 0 Å². The first kappa shape index (κ1) is 16.0. The lowest BCUT2D eigenvalue weighted by Gasteiger charge is -2.28. The van der Waals surface area contributed by atoms with Gasteiger partial charge in [0.2, 0.25) is 0 Å². The Kier molecular flexibility index (Phi) is 6.13. The van der Waals surface area contributed by atoms with Crippen molar-refractivity contribution in [3.63, 3.8) is 0 Å². The molecule has 0 spiro atoms. The van der Waals surface area contributed by atoms with Gasteiger partial charge in [0.1, 0.15) is 0 Å². The molecule has 2 nitrogen and oxygen atoms in total. The van der Waals surface area contributed by atoms with Crippen LogP contribution in [0.2, 0.25) is 0 Å². The third kappa shape index (κ3) is 4.55. The number of rotatable bonds is 8. The van der Waals surface area contributed by atoms with Gasteiger partial charge in [-0.15, -0.1) is 0 Å². The monoisotopic (exact) mass is 254 g/mol. The van der Waals surface area contributed by atoms with E-state index in [1.165, 1.54) is 51.7 Å². The summed E-state index contributed by atoms with van der Waals surface area (Å²) < 4.78 is 0. The maximum absolute atomic E-state index is 5.67. The highest BCUT2D eigenvalue weighted by molar-refractivity contribution is 4.88. The van der Waals surface area contributed by atoms with Gasteiger partial charge in [0.05, 0.1) is 0 Å². The molecule has 1 fully saturated rings. The Hall–Kier alpha value is -0.0800. The number of hydrogen-bond acceptors (Lipinski definition) is 2. The summed E-state index contributed by atoms with van der Waals surface area (Å²) >= 11 is 0. The Labute approximate surface area is 114 Å². The van der Waals surface area contributed by atoms with Crippen LogP contribution in [-0.2, 0) is 0 Å². The fourth-order valence-electron chi connectivity index (χ4n) is 3.34. The van der Waals surface area contributed by atoms with E-state index >= 15 is 0 Å². The Balaban J connectivity index is 2.26. The van der Waals surface area contributed by atoms with E-state index in [-0.39, 0.29) is 0 Å². The summed E-state index contributed by atoms with van der Waals surface area (Å²) in [6.07, 6.45) is 7.90. The molecule has 1 heterocycles. The molecule has 2 heteroatoms. The number of nitrogens with zero attached hydrogens (tertiary/aromatic N) is 1. The van der Waals surface area contributed by atoms with Gasteiger partial charge in [0.15, 0.2) is 0 Å². The number of likely N-dealkylation sites (tertiary alicyclic amines) is 1. The first-order valence-electron chi connectivity index (χ1n) is 7.89. The van der Waals surface area contributed by atoms with Gasteiger partial charge in [0, 0.05) is 6.54 Å². The summed E-state index contributed by atoms with van der Waals surface area (Å²) in [5.74, 6) is 0. The summed E-state index contributed by atoms with van der Waals surface area (Å²) in [6, 6.07) is 0. The minimum atomic E-state index is 0.432. The molecule has 1 aliphatic rings. The van der Waals surface area contributed by atoms with E-state index in [4.69, 9.17) is 5.73 Å². The van der Waals surface area contributed by atoms with Crippen molar-refractivity contribution >= 4 is 0 Å². The van der Waals surface area contributed by atoms with Gasteiger partial charge < -0.3 is 10.6 Å². The fourth-order valence-corrected chi connectivity index (χ4v) is 3.34. The highest BCUT2D eigenvalue weighted by Gasteiger charge is 2.34. The lowest BCUT2D eigenvalue weighted by atomic mass is 9.82. The van der Waals surface area contributed by atoms with Crippen LogP contribution in [0.1, 0.15) is 66.2 Å². The van der Waals surface area contributed by atoms with Crippen LogP contribution < -0.4 is 5.73 Å². The van der Waals surface area contributed by atoms with Gasteiger partial charge in [-0.25, -0.2) is 0 Å². The van der Waals surface area contributed by atoms with Crippen LogP contribution in [0.3, 0.4) is 0 Å². The quantitative estimate of drug-likeness (QED) is 0.716. The lowest BCUT2D eigenvalue weighted by Crippen LogP contribution is -2.28. The van der Waals surface area contributed by atoms with Crippen molar-refractivity contribution in [1.29, 1.82) is 0 Å². The maximum Gasteiger partial charge on any atom is 0.00382 e. The molecule has 0 unspecified atom stereocenters. The fraction of sp³-hybridized carbons (Fsp3) is 1.00. The lowest BCUT2D eigenvalue weighted by molar-refractivity contribution is 0.223. The number of nitrogens with two attached hydrogens (primary N) is 1. The second kappa shape index (κ2) is 6.91. The summed E-state index contributed by atoms with van der Waals surface area (Å²) in [5, 5.41) is 0. The van der Waals surface area contributed by atoms with E-state index in [2.05, 4.69) is 32.6 Å². The van der Waals surface area contributed by atoms with Crippen molar-refractivity contribution in [3.8, 4) is 0 Å². The van der Waals surface area contributed by atoms with Crippen LogP contribution >= 0.6 is 0 Å². The van der Waals surface area contributed by atoms with Crippen molar-refractivity contribution in [2.75, 3.05) is 26.2 Å². The molecule has 1 aliphatic heterocycles. The molecule has 0 atom stereocenters. The van der Waals surface area contributed by atoms with E-state index in [1.54, 1.807) is 0 Å². The Morgan fingerprint density at radius 2 is 1.83 bits per heavy atom. The zero-order valence-electron chi connectivity index (χ0n) is 13.1. The normalized spacial score (nSPS) is 20.5. The molecule has 0 aliphatic carbocycles. The van der Waals surface area contributed by atoms with Gasteiger partial charge in [-0.3, -0.25) is 0 Å². The van der Waals surface area contributed by atoms with Gasteiger partial charge in [-0.2, -0.15) is 0 Å². The maximum atomic E-state index is 5.67. The van der Waals surface area contributed by atoms with E-state index in [0.29, 0.717) is 10.8 Å². The minimum Gasteiger partial charge on any atom is -0.330 e. The molecule has 0 aromatic rings. The van der Waals surface area contributed by atoms with E-state index in [1.807, 2.05) is 0 Å². The Bertz CT molecular complexity index is 231. The molecule has 108 valence electrons. The van der Waals surface area contributed by atoms with Crippen LogP contribution in [0.5, 0.6) is 0 Å². The van der Waals surface area contributed by atoms with Crippen LogP contribution in [0.25, 0.3) is 0 Å². The van der Waals surface area contributed by atoms with Crippen LogP contribution in [0.15, 0.2) is 0 Å². The van der Waals surface area contributed by atoms with Crippen LogP contribution in [0, 0.1) is 10.8 Å². The average Bonchev–Trinajstić information content (AvgIpc) is 2.73. The summed E-state index contributed by atoms with van der Waals surface area (Å²) in [6.45, 7) is 14.2. The second-order valence-electron chi connectivity index (χ2n) is 7.04. The summed E-state index contributed by atoms with van der Waals surface area (Å²) in [7, 11) is 0. The van der Waals surface area contributed by atoms with Crippen molar-refractivity contribution in [2.24, 2.45) is 16.6 Å². The Morgan fingerprint density at radius 1 is 1.17 bits per heavy atom. The zero-order chi connectivity index (χ0) is 13.6. The zero-order valence-corrected chi connectivity index (χ0v) is 13.1. The molecular formula is C16H34N2. The predicted molar refractivity (Wildman–Crippen MR) is 80.8 cm³/mol. The first-order valence-corrected chi connectivity index (χ1v) is 7.89. The van der Waals surface area contributed by atoms with Gasteiger partial charge >= 0.3 is 0 Å². The molecule has 0 saturated carbocycles. The molecular weight excluding hydrogens is 220 g/mol. The standard InChI is InChI=1S/C16H34N2/c1-5-16(6-2)10-13-18(14-16)12-7-8-15(3,4)9-11-17/h5-14,17H2,1-4H3. The summed E-state index contributed by atoms with van der Waals surface area (Å²) in [4.78, 5) is 2.69. The van der Waals surface area contributed by atoms with Gasteiger partial charge in [0.25, 0.3) is 0 Å². The third-order valence-corrected chi connectivity index (χ3v) is 5.17. The molecule has 0 amide bonds. The molecule has 0 aromatic carbocycles.